The smallest absolute Gasteiger partial charge is 0.310 e. The van der Waals surface area contributed by atoms with Crippen molar-refractivity contribution in [3.8, 4) is 0 Å². The van der Waals surface area contributed by atoms with Crippen LogP contribution in [0.5, 0.6) is 0 Å². The third-order valence-electron chi connectivity index (χ3n) is 2.82. The molecular formula is C8H10F3NO. The third kappa shape index (κ3) is 1.57. The van der Waals surface area contributed by atoms with E-state index in [2.05, 4.69) is 5.32 Å². The minimum atomic E-state index is -4.16. The highest BCUT2D eigenvalue weighted by Crippen LogP contribution is 2.40. The normalized spacial score (nSPS) is 39.6. The summed E-state index contributed by atoms with van der Waals surface area (Å²) in [7, 11) is 0. The van der Waals surface area contributed by atoms with Gasteiger partial charge in [0.1, 0.15) is 5.78 Å². The number of fused-ring (bicyclic) bond motifs is 2. The van der Waals surface area contributed by atoms with Crippen LogP contribution in [0.1, 0.15) is 19.3 Å². The van der Waals surface area contributed by atoms with E-state index in [1.807, 2.05) is 0 Å². The van der Waals surface area contributed by atoms with Gasteiger partial charge in [-0.05, 0) is 6.42 Å². The highest BCUT2D eigenvalue weighted by Gasteiger charge is 2.52. The molecule has 1 N–H and O–H groups in total. The number of hydrogen-bond donors (Lipinski definition) is 1. The summed E-state index contributed by atoms with van der Waals surface area (Å²) in [6, 6.07) is -0.899. The maximum atomic E-state index is 12.4. The van der Waals surface area contributed by atoms with Crippen molar-refractivity contribution in [1.82, 2.24) is 5.32 Å². The number of hydrogen-bond acceptors (Lipinski definition) is 2. The number of carbonyl (C=O) groups excluding carboxylic acids is 1. The van der Waals surface area contributed by atoms with E-state index in [4.69, 9.17) is 0 Å². The van der Waals surface area contributed by atoms with Crippen LogP contribution >= 0.6 is 0 Å². The Bertz CT molecular complexity index is 238. The summed E-state index contributed by atoms with van der Waals surface area (Å²) in [4.78, 5) is 11.0. The van der Waals surface area contributed by atoms with Crippen LogP contribution in [-0.4, -0.2) is 24.0 Å². The van der Waals surface area contributed by atoms with Gasteiger partial charge in [0.15, 0.2) is 0 Å². The van der Waals surface area contributed by atoms with Crippen LogP contribution in [-0.2, 0) is 4.79 Å². The summed E-state index contributed by atoms with van der Waals surface area (Å²) in [5.41, 5.74) is 0. The fourth-order valence-corrected chi connectivity index (χ4v) is 2.27. The number of rotatable bonds is 0. The van der Waals surface area contributed by atoms with Gasteiger partial charge in [-0.3, -0.25) is 4.79 Å². The van der Waals surface area contributed by atoms with Crippen molar-refractivity contribution < 1.29 is 18.0 Å². The zero-order valence-electron chi connectivity index (χ0n) is 6.90. The van der Waals surface area contributed by atoms with Crippen molar-refractivity contribution >= 4 is 5.78 Å². The molecule has 13 heavy (non-hydrogen) atoms. The number of ketones is 1. The van der Waals surface area contributed by atoms with Crippen molar-refractivity contribution in [3.63, 3.8) is 0 Å². The minimum absolute atomic E-state index is 0.0412. The summed E-state index contributed by atoms with van der Waals surface area (Å²) in [6.07, 6.45) is -3.78. The second kappa shape index (κ2) is 2.70. The van der Waals surface area contributed by atoms with E-state index in [1.165, 1.54) is 0 Å². The van der Waals surface area contributed by atoms with Gasteiger partial charge in [-0.25, -0.2) is 0 Å². The zero-order chi connectivity index (χ0) is 9.64. The predicted molar refractivity (Wildman–Crippen MR) is 39.1 cm³/mol. The lowest BCUT2D eigenvalue weighted by Crippen LogP contribution is -2.42. The van der Waals surface area contributed by atoms with Crippen LogP contribution in [0.2, 0.25) is 0 Å². The molecule has 2 rings (SSSR count). The van der Waals surface area contributed by atoms with E-state index in [-0.39, 0.29) is 31.1 Å². The molecule has 0 aliphatic carbocycles. The van der Waals surface area contributed by atoms with Crippen LogP contribution in [0.3, 0.4) is 0 Å². The highest BCUT2D eigenvalue weighted by molar-refractivity contribution is 5.81. The molecule has 2 heterocycles. The molecular weight excluding hydrogens is 183 g/mol. The molecule has 0 aromatic carbocycles. The lowest BCUT2D eigenvalue weighted by Gasteiger charge is -2.23. The lowest BCUT2D eigenvalue weighted by molar-refractivity contribution is -0.176. The van der Waals surface area contributed by atoms with E-state index in [0.717, 1.165) is 0 Å². The number of alkyl halides is 3. The molecule has 0 spiro atoms. The molecule has 74 valence electrons. The molecule has 0 radical (unpaired) electrons. The Morgan fingerprint density at radius 1 is 1.31 bits per heavy atom. The molecule has 0 saturated carbocycles. The van der Waals surface area contributed by atoms with Gasteiger partial charge in [0.05, 0.1) is 5.92 Å². The van der Waals surface area contributed by atoms with Gasteiger partial charge < -0.3 is 5.32 Å². The molecule has 2 nitrogen and oxygen atoms in total. The Morgan fingerprint density at radius 2 is 2.00 bits per heavy atom. The summed E-state index contributed by atoms with van der Waals surface area (Å²) in [5, 5.41) is 2.84. The second-order valence-electron chi connectivity index (χ2n) is 3.80. The van der Waals surface area contributed by atoms with Crippen molar-refractivity contribution in [2.45, 2.75) is 37.5 Å². The van der Waals surface area contributed by atoms with Gasteiger partial charge >= 0.3 is 6.18 Å². The molecule has 0 amide bonds. The van der Waals surface area contributed by atoms with Crippen LogP contribution in [0, 0.1) is 5.92 Å². The van der Waals surface area contributed by atoms with Crippen molar-refractivity contribution in [2.24, 2.45) is 5.92 Å². The zero-order valence-corrected chi connectivity index (χ0v) is 6.90. The Morgan fingerprint density at radius 3 is 2.62 bits per heavy atom. The molecule has 2 fully saturated rings. The van der Waals surface area contributed by atoms with E-state index >= 15 is 0 Å². The first kappa shape index (κ1) is 8.99. The monoisotopic (exact) mass is 193 g/mol. The number of nitrogens with one attached hydrogen (secondary N) is 1. The lowest BCUT2D eigenvalue weighted by atomic mass is 9.98. The fraction of sp³-hybridized carbons (Fsp3) is 0.875. The Balaban J connectivity index is 2.14. The van der Waals surface area contributed by atoms with Gasteiger partial charge in [0, 0.05) is 24.9 Å². The first-order valence-electron chi connectivity index (χ1n) is 4.31. The number of carbonyl (C=O) groups is 1. The van der Waals surface area contributed by atoms with E-state index in [9.17, 15) is 18.0 Å². The summed E-state index contributed by atoms with van der Waals surface area (Å²) < 4.78 is 37.1. The number of piperidine rings is 1. The molecule has 2 aliphatic heterocycles. The van der Waals surface area contributed by atoms with Gasteiger partial charge in [-0.1, -0.05) is 0 Å². The van der Waals surface area contributed by atoms with Gasteiger partial charge in [0.25, 0.3) is 0 Å². The quantitative estimate of drug-likeness (QED) is 0.627. The van der Waals surface area contributed by atoms with E-state index in [1.54, 1.807) is 0 Å². The van der Waals surface area contributed by atoms with Gasteiger partial charge in [-0.15, -0.1) is 0 Å². The molecule has 0 unspecified atom stereocenters. The highest BCUT2D eigenvalue weighted by atomic mass is 19.4. The molecule has 2 saturated heterocycles. The van der Waals surface area contributed by atoms with Crippen LogP contribution in [0.15, 0.2) is 0 Å². The van der Waals surface area contributed by atoms with Gasteiger partial charge in [-0.2, -0.15) is 13.2 Å². The van der Waals surface area contributed by atoms with E-state index < -0.39 is 18.1 Å². The minimum Gasteiger partial charge on any atom is -0.310 e. The Kier molecular flexibility index (Phi) is 1.87. The number of halogens is 3. The molecule has 2 bridgehead atoms. The first-order valence-corrected chi connectivity index (χ1v) is 4.31. The second-order valence-corrected chi connectivity index (χ2v) is 3.80. The van der Waals surface area contributed by atoms with E-state index in [0.29, 0.717) is 0 Å². The largest absolute Gasteiger partial charge is 0.393 e. The standard InChI is InChI=1S/C8H10F3NO/c9-8(10,11)6-2-4-1-5(13)3-7(6)12-4/h4,6-7,12H,1-3H2/t4-,6-,7+/m1/s1. The Hall–Kier alpha value is -0.580. The maximum Gasteiger partial charge on any atom is 0.393 e. The van der Waals surface area contributed by atoms with Crippen LogP contribution < -0.4 is 5.32 Å². The van der Waals surface area contributed by atoms with Crippen molar-refractivity contribution in [3.05, 3.63) is 0 Å². The molecule has 5 heteroatoms. The Labute approximate surface area is 73.5 Å². The van der Waals surface area contributed by atoms with Gasteiger partial charge in [0.2, 0.25) is 0 Å². The molecule has 2 aliphatic rings. The summed E-state index contributed by atoms with van der Waals surface area (Å²) in [6.45, 7) is 0. The van der Waals surface area contributed by atoms with Crippen molar-refractivity contribution in [2.75, 3.05) is 0 Å². The molecule has 3 atom stereocenters. The van der Waals surface area contributed by atoms with Crippen molar-refractivity contribution in [1.29, 1.82) is 0 Å². The number of Topliss-reactive ketones (excluding diaryl/α,β-unsaturated/α-hetero) is 1. The average Bonchev–Trinajstić information content (AvgIpc) is 2.24. The third-order valence-corrected chi connectivity index (χ3v) is 2.82. The van der Waals surface area contributed by atoms with Crippen LogP contribution in [0.25, 0.3) is 0 Å². The average molecular weight is 193 g/mol. The fourth-order valence-electron chi connectivity index (χ4n) is 2.27. The maximum absolute atomic E-state index is 12.4. The molecule has 0 aromatic rings. The van der Waals surface area contributed by atoms with Crippen LogP contribution in [0.4, 0.5) is 13.2 Å². The summed E-state index contributed by atoms with van der Waals surface area (Å²) in [5.74, 6) is -1.36. The SMILES string of the molecule is O=C1C[C@@H]2C[C@@H](C(F)(F)F)[C@H](C1)N2. The predicted octanol–water partition coefficient (Wildman–Crippen LogP) is 1.26. The molecule has 0 aromatic heterocycles. The summed E-state index contributed by atoms with van der Waals surface area (Å²) >= 11 is 0. The first-order chi connectivity index (χ1) is 5.97. The topological polar surface area (TPSA) is 29.1 Å².